The molecule has 1 saturated heterocycles. The Morgan fingerprint density at radius 3 is 2.56 bits per heavy atom. The minimum absolute atomic E-state index is 0.0733. The summed E-state index contributed by atoms with van der Waals surface area (Å²) in [5, 5.41) is 15.5. The fourth-order valence-electron chi connectivity index (χ4n) is 4.02. The van der Waals surface area contributed by atoms with Gasteiger partial charge < -0.3 is 20.3 Å². The van der Waals surface area contributed by atoms with Crippen LogP contribution in [0.5, 0.6) is 0 Å². The summed E-state index contributed by atoms with van der Waals surface area (Å²) in [6.45, 7) is 3.74. The summed E-state index contributed by atoms with van der Waals surface area (Å²) in [6, 6.07) is 3.02. The third kappa shape index (κ3) is 3.73. The molecule has 3 heterocycles. The van der Waals surface area contributed by atoms with Crippen molar-refractivity contribution < 1.29 is 28.3 Å². The van der Waals surface area contributed by atoms with Gasteiger partial charge >= 0.3 is 0 Å². The SMILES string of the molecule is Cc1c(C(=O)C(=O)N[C@@]2(C)CSC2(O)I)c2n(c1C(=O)Nc1ccc(F)c(F)c1)CCC2. The number of rotatable bonds is 5. The summed E-state index contributed by atoms with van der Waals surface area (Å²) in [6.07, 6.45) is 1.22. The van der Waals surface area contributed by atoms with E-state index in [9.17, 15) is 28.3 Å². The molecular formula is C21H20F2IN3O4S. The number of hydrogen-bond donors (Lipinski definition) is 3. The molecular weight excluding hydrogens is 555 g/mol. The molecule has 1 fully saturated rings. The lowest BCUT2D eigenvalue weighted by atomic mass is 10.00. The van der Waals surface area contributed by atoms with E-state index in [4.69, 9.17) is 0 Å². The number of aliphatic hydroxyl groups is 1. The van der Waals surface area contributed by atoms with Crippen LogP contribution in [0.15, 0.2) is 18.2 Å². The zero-order valence-corrected chi connectivity index (χ0v) is 20.2. The second kappa shape index (κ2) is 8.10. The van der Waals surface area contributed by atoms with Crippen molar-refractivity contribution in [1.29, 1.82) is 0 Å². The maximum Gasteiger partial charge on any atom is 0.293 e. The summed E-state index contributed by atoms with van der Waals surface area (Å²) in [4.78, 5) is 38.8. The van der Waals surface area contributed by atoms with E-state index < -0.39 is 37.7 Å². The van der Waals surface area contributed by atoms with Crippen molar-refractivity contribution >= 4 is 57.6 Å². The second-order valence-corrected chi connectivity index (χ2v) is 11.6. The normalized spacial score (nSPS) is 23.9. The highest BCUT2D eigenvalue weighted by molar-refractivity contribution is 14.1. The van der Waals surface area contributed by atoms with E-state index in [0.29, 0.717) is 36.4 Å². The van der Waals surface area contributed by atoms with Gasteiger partial charge in [-0.15, -0.1) is 11.8 Å². The van der Waals surface area contributed by atoms with E-state index in [1.54, 1.807) is 18.4 Å². The molecule has 1 aromatic carbocycles. The van der Waals surface area contributed by atoms with Crippen molar-refractivity contribution in [3.8, 4) is 0 Å². The molecule has 0 aliphatic carbocycles. The number of nitrogens with zero attached hydrogens (tertiary/aromatic N) is 1. The molecule has 1 unspecified atom stereocenters. The first-order valence-corrected chi connectivity index (χ1v) is 11.9. The molecule has 2 amide bonds. The fraction of sp³-hybridized carbons (Fsp3) is 0.381. The van der Waals surface area contributed by atoms with Crippen LogP contribution >= 0.6 is 34.4 Å². The van der Waals surface area contributed by atoms with E-state index in [1.165, 1.54) is 17.8 Å². The smallest absolute Gasteiger partial charge is 0.293 e. The first-order valence-electron chi connectivity index (χ1n) is 9.85. The molecule has 2 aliphatic heterocycles. The Kier molecular flexibility index (Phi) is 5.87. The van der Waals surface area contributed by atoms with E-state index in [0.717, 1.165) is 12.1 Å². The summed E-state index contributed by atoms with van der Waals surface area (Å²) >= 11 is 3.09. The number of halogens is 3. The Morgan fingerprint density at radius 1 is 1.25 bits per heavy atom. The molecule has 1 aromatic heterocycles. The summed E-state index contributed by atoms with van der Waals surface area (Å²) in [5.41, 5.74) is 0.435. The zero-order valence-electron chi connectivity index (χ0n) is 17.2. The molecule has 3 N–H and O–H groups in total. The van der Waals surface area contributed by atoms with Gasteiger partial charge in [-0.2, -0.15) is 0 Å². The standard InChI is InChI=1S/C21H20F2IN3O4S/c1-10-15(17(28)19(30)26-20(2)9-32-21(20,24)31)14-4-3-7-27(14)16(10)18(29)25-11-5-6-12(22)13(23)8-11/h5-6,8,31H,3-4,7,9H2,1-2H3,(H,25,29)(H,26,30)/t20-,21?/m0/s1. The largest absolute Gasteiger partial charge is 0.369 e. The van der Waals surface area contributed by atoms with Crippen molar-refractivity contribution in [1.82, 2.24) is 9.88 Å². The average Bonchev–Trinajstić information content (AvgIpc) is 3.28. The number of fused-ring (bicyclic) bond motifs is 1. The van der Waals surface area contributed by atoms with Crippen LogP contribution in [0.3, 0.4) is 0 Å². The van der Waals surface area contributed by atoms with Gasteiger partial charge in [0.25, 0.3) is 17.6 Å². The molecule has 170 valence electrons. The van der Waals surface area contributed by atoms with Gasteiger partial charge in [0.15, 0.2) is 14.6 Å². The van der Waals surface area contributed by atoms with Crippen LogP contribution in [-0.2, 0) is 17.8 Å². The monoisotopic (exact) mass is 575 g/mol. The topological polar surface area (TPSA) is 100 Å². The number of anilines is 1. The number of nitrogens with one attached hydrogen (secondary N) is 2. The van der Waals surface area contributed by atoms with Gasteiger partial charge in [-0.05, 0) is 67.0 Å². The van der Waals surface area contributed by atoms with Gasteiger partial charge in [-0.25, -0.2) is 8.78 Å². The van der Waals surface area contributed by atoms with Crippen LogP contribution in [0.1, 0.15) is 45.4 Å². The third-order valence-electron chi connectivity index (χ3n) is 5.86. The van der Waals surface area contributed by atoms with Crippen molar-refractivity contribution in [2.24, 2.45) is 0 Å². The maximum absolute atomic E-state index is 13.5. The molecule has 2 aliphatic rings. The van der Waals surface area contributed by atoms with Gasteiger partial charge in [0.1, 0.15) is 5.69 Å². The van der Waals surface area contributed by atoms with Crippen LogP contribution in [0, 0.1) is 18.6 Å². The van der Waals surface area contributed by atoms with Crippen molar-refractivity contribution in [3.63, 3.8) is 0 Å². The highest BCUT2D eigenvalue weighted by atomic mass is 127. The highest BCUT2D eigenvalue weighted by Gasteiger charge is 2.56. The van der Waals surface area contributed by atoms with E-state index in [-0.39, 0.29) is 16.9 Å². The molecule has 11 heteroatoms. The Labute approximate surface area is 200 Å². The number of Topliss-reactive ketones (excluding diaryl/α,β-unsaturated/α-hetero) is 1. The molecule has 0 saturated carbocycles. The van der Waals surface area contributed by atoms with Crippen LogP contribution in [-0.4, -0.2) is 41.5 Å². The molecule has 0 bridgehead atoms. The predicted molar refractivity (Wildman–Crippen MR) is 124 cm³/mol. The third-order valence-corrected chi connectivity index (χ3v) is 9.54. The number of hydrogen-bond acceptors (Lipinski definition) is 5. The van der Waals surface area contributed by atoms with Crippen LogP contribution in [0.25, 0.3) is 0 Å². The summed E-state index contributed by atoms with van der Waals surface area (Å²) in [5.74, 6) is -3.87. The predicted octanol–water partition coefficient (Wildman–Crippen LogP) is 3.16. The molecule has 2 aromatic rings. The number of aromatic nitrogens is 1. The number of thioether (sulfide) groups is 1. The van der Waals surface area contributed by atoms with Crippen LogP contribution < -0.4 is 10.6 Å². The lowest BCUT2D eigenvalue weighted by Gasteiger charge is -2.49. The second-order valence-electron chi connectivity index (χ2n) is 8.10. The first-order chi connectivity index (χ1) is 14.9. The van der Waals surface area contributed by atoms with Crippen molar-refractivity contribution in [3.05, 3.63) is 52.3 Å². The number of benzene rings is 1. The van der Waals surface area contributed by atoms with Gasteiger partial charge in [-0.3, -0.25) is 14.4 Å². The van der Waals surface area contributed by atoms with Crippen LogP contribution in [0.2, 0.25) is 0 Å². The van der Waals surface area contributed by atoms with Gasteiger partial charge in [0.2, 0.25) is 0 Å². The minimum Gasteiger partial charge on any atom is -0.369 e. The molecule has 32 heavy (non-hydrogen) atoms. The number of alkyl halides is 1. The number of carbonyl (C=O) groups excluding carboxylic acids is 3. The van der Waals surface area contributed by atoms with Gasteiger partial charge in [-0.1, -0.05) is 0 Å². The average molecular weight is 575 g/mol. The maximum atomic E-state index is 13.5. The van der Waals surface area contributed by atoms with Crippen molar-refractivity contribution in [2.75, 3.05) is 11.1 Å². The quantitative estimate of drug-likeness (QED) is 0.220. The number of ketones is 1. The van der Waals surface area contributed by atoms with E-state index in [2.05, 4.69) is 10.6 Å². The molecule has 4 rings (SSSR count). The molecule has 7 nitrogen and oxygen atoms in total. The van der Waals surface area contributed by atoms with Gasteiger partial charge in [0, 0.05) is 29.7 Å². The molecule has 0 radical (unpaired) electrons. The zero-order chi connectivity index (χ0) is 23.4. The first kappa shape index (κ1) is 23.2. The van der Waals surface area contributed by atoms with E-state index in [1.807, 2.05) is 22.6 Å². The van der Waals surface area contributed by atoms with Crippen molar-refractivity contribution in [2.45, 2.75) is 41.7 Å². The fourth-order valence-corrected chi connectivity index (χ4v) is 6.03. The minimum atomic E-state index is -1.21. The number of amides is 2. The lowest BCUT2D eigenvalue weighted by molar-refractivity contribution is -0.119. The Balaban J connectivity index is 1.63. The molecule has 2 atom stereocenters. The lowest BCUT2D eigenvalue weighted by Crippen LogP contribution is -2.67. The summed E-state index contributed by atoms with van der Waals surface area (Å²) < 4.78 is 27.2. The van der Waals surface area contributed by atoms with Gasteiger partial charge in [0.05, 0.1) is 11.1 Å². The number of carbonyl (C=O) groups is 3. The summed E-state index contributed by atoms with van der Waals surface area (Å²) in [7, 11) is 0. The highest BCUT2D eigenvalue weighted by Crippen LogP contribution is 2.51. The Bertz CT molecular complexity index is 1170. The van der Waals surface area contributed by atoms with Crippen LogP contribution in [0.4, 0.5) is 14.5 Å². The van der Waals surface area contributed by atoms with E-state index >= 15 is 0 Å². The Morgan fingerprint density at radius 2 is 1.97 bits per heavy atom. The molecule has 0 spiro atoms. The Hall–Kier alpha value is -1.99.